The fraction of sp³-hybridized carbons (Fsp3) is 0.429. The summed E-state index contributed by atoms with van der Waals surface area (Å²) in [6, 6.07) is 5.93. The Balaban J connectivity index is 1.90. The predicted octanol–water partition coefficient (Wildman–Crippen LogP) is 1.20. The van der Waals surface area contributed by atoms with Crippen LogP contribution in [0.2, 0.25) is 0 Å². The molecule has 0 atom stereocenters. The van der Waals surface area contributed by atoms with Crippen molar-refractivity contribution in [1.82, 2.24) is 15.1 Å². The van der Waals surface area contributed by atoms with E-state index >= 15 is 0 Å². The molecule has 1 aromatic carbocycles. The molecule has 0 saturated carbocycles. The van der Waals surface area contributed by atoms with Gasteiger partial charge in [0.25, 0.3) is 0 Å². The summed E-state index contributed by atoms with van der Waals surface area (Å²) in [6.45, 7) is 4.04. The Bertz CT molecular complexity index is 490. The number of hydrogen-bond donors (Lipinski definition) is 1. The molecule has 1 aliphatic rings. The number of halogens is 1. The van der Waals surface area contributed by atoms with Crippen LogP contribution < -0.4 is 5.32 Å². The highest BCUT2D eigenvalue weighted by Crippen LogP contribution is 2.13. The monoisotopic (exact) mass is 279 g/mol. The van der Waals surface area contributed by atoms with Crippen molar-refractivity contribution >= 4 is 11.9 Å². The van der Waals surface area contributed by atoms with Crippen molar-refractivity contribution in [3.8, 4) is 0 Å². The van der Waals surface area contributed by atoms with Gasteiger partial charge in [-0.1, -0.05) is 12.1 Å². The normalized spacial score (nSPS) is 14.8. The lowest BCUT2D eigenvalue weighted by Crippen LogP contribution is -2.39. The van der Waals surface area contributed by atoms with Gasteiger partial charge in [-0.05, 0) is 24.6 Å². The summed E-state index contributed by atoms with van der Waals surface area (Å²) < 4.78 is 12.8. The van der Waals surface area contributed by atoms with Gasteiger partial charge in [0.15, 0.2) is 0 Å². The molecule has 1 heterocycles. The third-order valence-electron chi connectivity index (χ3n) is 3.18. The second-order valence-corrected chi connectivity index (χ2v) is 4.71. The summed E-state index contributed by atoms with van der Waals surface area (Å²) in [5, 5.41) is 2.67. The lowest BCUT2D eigenvalue weighted by Gasteiger charge is -2.18. The SMILES string of the molecule is CCNC(=O)CN1CCN(Cc2ccc(F)cc2)C1=O. The van der Waals surface area contributed by atoms with Crippen molar-refractivity contribution in [2.75, 3.05) is 26.2 Å². The van der Waals surface area contributed by atoms with Gasteiger partial charge in [0.2, 0.25) is 5.91 Å². The van der Waals surface area contributed by atoms with Crippen LogP contribution in [0.15, 0.2) is 24.3 Å². The van der Waals surface area contributed by atoms with E-state index in [9.17, 15) is 14.0 Å². The van der Waals surface area contributed by atoms with Crippen LogP contribution >= 0.6 is 0 Å². The van der Waals surface area contributed by atoms with Gasteiger partial charge in [-0.3, -0.25) is 4.79 Å². The minimum absolute atomic E-state index is 0.0899. The smallest absolute Gasteiger partial charge is 0.320 e. The first kappa shape index (κ1) is 14.3. The number of carbonyl (C=O) groups is 2. The van der Waals surface area contributed by atoms with Crippen molar-refractivity contribution in [1.29, 1.82) is 0 Å². The first-order valence-electron chi connectivity index (χ1n) is 6.65. The molecule has 6 heteroatoms. The summed E-state index contributed by atoms with van der Waals surface area (Å²) in [5.74, 6) is -0.441. The molecule has 108 valence electrons. The maximum Gasteiger partial charge on any atom is 0.320 e. The topological polar surface area (TPSA) is 52.7 Å². The summed E-state index contributed by atoms with van der Waals surface area (Å²) in [7, 11) is 0. The lowest BCUT2D eigenvalue weighted by atomic mass is 10.2. The molecule has 5 nitrogen and oxygen atoms in total. The van der Waals surface area contributed by atoms with E-state index in [0.717, 1.165) is 5.56 Å². The van der Waals surface area contributed by atoms with Crippen molar-refractivity contribution in [3.63, 3.8) is 0 Å². The van der Waals surface area contributed by atoms with Crippen LogP contribution in [-0.4, -0.2) is 47.9 Å². The Kier molecular flexibility index (Phi) is 4.55. The fourth-order valence-electron chi connectivity index (χ4n) is 2.16. The third-order valence-corrected chi connectivity index (χ3v) is 3.18. The highest BCUT2D eigenvalue weighted by Gasteiger charge is 2.29. The van der Waals surface area contributed by atoms with Crippen LogP contribution in [0, 0.1) is 5.82 Å². The maximum absolute atomic E-state index is 12.8. The van der Waals surface area contributed by atoms with Crippen molar-refractivity contribution < 1.29 is 14.0 Å². The molecule has 0 spiro atoms. The molecule has 0 bridgehead atoms. The molecule has 0 radical (unpaired) electrons. The van der Waals surface area contributed by atoms with E-state index in [-0.39, 0.29) is 24.3 Å². The number of likely N-dealkylation sites (N-methyl/N-ethyl adjacent to an activating group) is 1. The van der Waals surface area contributed by atoms with E-state index in [0.29, 0.717) is 26.2 Å². The van der Waals surface area contributed by atoms with Crippen molar-refractivity contribution in [2.45, 2.75) is 13.5 Å². The number of benzene rings is 1. The Hall–Kier alpha value is -2.11. The quantitative estimate of drug-likeness (QED) is 0.880. The number of carbonyl (C=O) groups excluding carboxylic acids is 2. The molecule has 1 N–H and O–H groups in total. The summed E-state index contributed by atoms with van der Waals surface area (Å²) in [5.41, 5.74) is 0.875. The van der Waals surface area contributed by atoms with Crippen molar-refractivity contribution in [3.05, 3.63) is 35.6 Å². The van der Waals surface area contributed by atoms with E-state index in [1.807, 2.05) is 6.92 Å². The molecular weight excluding hydrogens is 261 g/mol. The van der Waals surface area contributed by atoms with Crippen LogP contribution in [0.5, 0.6) is 0 Å². The molecule has 20 heavy (non-hydrogen) atoms. The van der Waals surface area contributed by atoms with Crippen LogP contribution in [0.25, 0.3) is 0 Å². The third kappa shape index (κ3) is 3.46. The first-order chi connectivity index (χ1) is 9.60. The average molecular weight is 279 g/mol. The number of nitrogens with zero attached hydrogens (tertiary/aromatic N) is 2. The van der Waals surface area contributed by atoms with Gasteiger partial charge in [0.05, 0.1) is 0 Å². The zero-order valence-corrected chi connectivity index (χ0v) is 11.4. The van der Waals surface area contributed by atoms with Gasteiger partial charge < -0.3 is 15.1 Å². The van der Waals surface area contributed by atoms with Gasteiger partial charge in [0, 0.05) is 26.2 Å². The van der Waals surface area contributed by atoms with Crippen LogP contribution in [0.1, 0.15) is 12.5 Å². The standard InChI is InChI=1S/C14H18FN3O2/c1-2-16-13(19)10-18-8-7-17(14(18)20)9-11-3-5-12(15)6-4-11/h3-6H,2,7-10H2,1H3,(H,16,19). The number of urea groups is 1. The number of nitrogens with one attached hydrogen (secondary N) is 1. The van der Waals surface area contributed by atoms with E-state index < -0.39 is 0 Å². The van der Waals surface area contributed by atoms with Crippen LogP contribution in [0.4, 0.5) is 9.18 Å². The van der Waals surface area contributed by atoms with E-state index in [4.69, 9.17) is 0 Å². The highest BCUT2D eigenvalue weighted by atomic mass is 19.1. The van der Waals surface area contributed by atoms with Crippen LogP contribution in [-0.2, 0) is 11.3 Å². The van der Waals surface area contributed by atoms with Crippen LogP contribution in [0.3, 0.4) is 0 Å². The maximum atomic E-state index is 12.8. The summed E-state index contributed by atoms with van der Waals surface area (Å²) in [4.78, 5) is 26.8. The number of rotatable bonds is 5. The molecule has 1 saturated heterocycles. The molecule has 1 aromatic rings. The Morgan fingerprint density at radius 2 is 1.90 bits per heavy atom. The summed E-state index contributed by atoms with van der Waals surface area (Å²) in [6.07, 6.45) is 0. The molecule has 2 rings (SSSR count). The number of hydrogen-bond acceptors (Lipinski definition) is 2. The number of amides is 3. The average Bonchev–Trinajstić information content (AvgIpc) is 2.74. The Morgan fingerprint density at radius 3 is 2.55 bits per heavy atom. The lowest BCUT2D eigenvalue weighted by molar-refractivity contribution is -0.121. The van der Waals surface area contributed by atoms with E-state index in [2.05, 4.69) is 5.32 Å². The summed E-state index contributed by atoms with van der Waals surface area (Å²) >= 11 is 0. The molecule has 1 aliphatic heterocycles. The predicted molar refractivity (Wildman–Crippen MR) is 72.5 cm³/mol. The molecule has 0 unspecified atom stereocenters. The van der Waals surface area contributed by atoms with Gasteiger partial charge in [-0.2, -0.15) is 0 Å². The fourth-order valence-corrected chi connectivity index (χ4v) is 2.16. The van der Waals surface area contributed by atoms with Gasteiger partial charge in [-0.15, -0.1) is 0 Å². The minimum Gasteiger partial charge on any atom is -0.355 e. The zero-order valence-electron chi connectivity index (χ0n) is 11.4. The molecular formula is C14H18FN3O2. The molecule has 0 aromatic heterocycles. The van der Waals surface area contributed by atoms with Crippen molar-refractivity contribution in [2.24, 2.45) is 0 Å². The Labute approximate surface area is 117 Å². The molecule has 1 fully saturated rings. The van der Waals surface area contributed by atoms with E-state index in [1.54, 1.807) is 17.0 Å². The van der Waals surface area contributed by atoms with Gasteiger partial charge in [-0.25, -0.2) is 9.18 Å². The van der Waals surface area contributed by atoms with Gasteiger partial charge >= 0.3 is 6.03 Å². The zero-order chi connectivity index (χ0) is 14.5. The first-order valence-corrected chi connectivity index (χ1v) is 6.65. The molecule has 0 aliphatic carbocycles. The highest BCUT2D eigenvalue weighted by molar-refractivity contribution is 5.85. The largest absolute Gasteiger partial charge is 0.355 e. The molecule has 3 amide bonds. The van der Waals surface area contributed by atoms with E-state index in [1.165, 1.54) is 17.0 Å². The second-order valence-electron chi connectivity index (χ2n) is 4.71. The minimum atomic E-state index is -0.292. The Morgan fingerprint density at radius 1 is 1.25 bits per heavy atom. The second kappa shape index (κ2) is 6.36. The van der Waals surface area contributed by atoms with Gasteiger partial charge in [0.1, 0.15) is 12.4 Å².